The molecule has 0 saturated heterocycles. The molecule has 5 aliphatic rings. The minimum atomic E-state index is -0.765. The van der Waals surface area contributed by atoms with Crippen molar-refractivity contribution in [2.24, 2.45) is 34.5 Å². The van der Waals surface area contributed by atoms with Gasteiger partial charge in [0.25, 0.3) is 0 Å². The summed E-state index contributed by atoms with van der Waals surface area (Å²) in [7, 11) is 0. The van der Waals surface area contributed by atoms with Gasteiger partial charge in [-0.3, -0.25) is 9.59 Å². The largest absolute Gasteiger partial charge is 0.481 e. The van der Waals surface area contributed by atoms with Crippen LogP contribution < -0.4 is 5.32 Å². The first-order valence-corrected chi connectivity index (χ1v) is 9.11. The van der Waals surface area contributed by atoms with E-state index in [1.54, 1.807) is 0 Å². The third-order valence-electron chi connectivity index (χ3n) is 7.08. The number of aliphatic carboxylic acids is 1. The molecule has 5 saturated carbocycles. The lowest BCUT2D eigenvalue weighted by Crippen LogP contribution is -2.43. The van der Waals surface area contributed by atoms with E-state index in [1.165, 1.54) is 0 Å². The second kappa shape index (κ2) is 4.18. The number of fused-ring (bicyclic) bond motifs is 1. The van der Waals surface area contributed by atoms with Crippen molar-refractivity contribution in [3.8, 4) is 0 Å². The second-order valence-electron chi connectivity index (χ2n) is 7.71. The van der Waals surface area contributed by atoms with Crippen molar-refractivity contribution in [1.82, 2.24) is 0 Å². The van der Waals surface area contributed by atoms with Crippen molar-refractivity contribution in [3.63, 3.8) is 0 Å². The van der Waals surface area contributed by atoms with E-state index in [0.29, 0.717) is 0 Å². The number of carboxylic acid groups (broad SMARTS) is 1. The van der Waals surface area contributed by atoms with Gasteiger partial charge in [0, 0.05) is 10.2 Å². The zero-order valence-corrected chi connectivity index (χ0v) is 14.2. The molecule has 2 N–H and O–H groups in total. The van der Waals surface area contributed by atoms with Crippen LogP contribution in [0.1, 0.15) is 25.7 Å². The highest BCUT2D eigenvalue weighted by Crippen LogP contribution is 2.90. The summed E-state index contributed by atoms with van der Waals surface area (Å²) in [4.78, 5) is 25.1. The summed E-state index contributed by atoms with van der Waals surface area (Å²) in [6.45, 7) is 0. The van der Waals surface area contributed by atoms with Crippen LogP contribution in [0.3, 0.4) is 0 Å². The van der Waals surface area contributed by atoms with E-state index in [2.05, 4.69) is 21.2 Å². The second-order valence-corrected chi connectivity index (χ2v) is 8.63. The summed E-state index contributed by atoms with van der Waals surface area (Å²) in [5.74, 6) is -0.424. The summed E-state index contributed by atoms with van der Waals surface area (Å²) in [5, 5.41) is 12.9. The molecule has 1 aromatic carbocycles. The molecule has 120 valence electrons. The first-order chi connectivity index (χ1) is 11.0. The summed E-state index contributed by atoms with van der Waals surface area (Å²) >= 11 is 3.38. The molecule has 0 aromatic heterocycles. The number of carbonyl (C=O) groups is 2. The van der Waals surface area contributed by atoms with Crippen LogP contribution >= 0.6 is 15.9 Å². The Balaban J connectivity index is 1.48. The maximum absolute atomic E-state index is 13.0. The molecule has 23 heavy (non-hydrogen) atoms. The van der Waals surface area contributed by atoms with Gasteiger partial charge in [0.2, 0.25) is 5.91 Å². The summed E-state index contributed by atoms with van der Waals surface area (Å²) in [6, 6.07) is 7.46. The van der Waals surface area contributed by atoms with E-state index in [4.69, 9.17) is 0 Å². The minimum Gasteiger partial charge on any atom is -0.481 e. The number of halogens is 1. The van der Waals surface area contributed by atoms with Crippen LogP contribution in [-0.2, 0) is 9.59 Å². The zero-order valence-electron chi connectivity index (χ0n) is 12.6. The summed E-state index contributed by atoms with van der Waals surface area (Å²) in [5.41, 5.74) is 0.158. The third kappa shape index (κ3) is 1.52. The van der Waals surface area contributed by atoms with Crippen LogP contribution in [0.25, 0.3) is 0 Å². The Morgan fingerprint density at radius 2 is 1.78 bits per heavy atom. The number of benzene rings is 1. The average molecular weight is 376 g/mol. The quantitative estimate of drug-likeness (QED) is 0.848. The molecule has 6 rings (SSSR count). The Kier molecular flexibility index (Phi) is 2.55. The molecular weight excluding hydrogens is 358 g/mol. The van der Waals surface area contributed by atoms with Gasteiger partial charge in [-0.15, -0.1) is 0 Å². The third-order valence-corrected chi connectivity index (χ3v) is 7.61. The fourth-order valence-electron chi connectivity index (χ4n) is 6.30. The Morgan fingerprint density at radius 1 is 1.13 bits per heavy atom. The average Bonchev–Trinajstić information content (AvgIpc) is 3.39. The molecule has 4 bridgehead atoms. The van der Waals surface area contributed by atoms with Gasteiger partial charge >= 0.3 is 5.97 Å². The highest BCUT2D eigenvalue weighted by Gasteiger charge is 2.91. The lowest BCUT2D eigenvalue weighted by Gasteiger charge is -2.36. The Hall–Kier alpha value is -1.36. The maximum atomic E-state index is 13.0. The Bertz CT molecular complexity index is 726. The lowest BCUT2D eigenvalue weighted by atomic mass is 9.67. The molecule has 0 heterocycles. The van der Waals surface area contributed by atoms with Crippen molar-refractivity contribution in [1.29, 1.82) is 0 Å². The van der Waals surface area contributed by atoms with Gasteiger partial charge in [-0.1, -0.05) is 15.9 Å². The topological polar surface area (TPSA) is 66.4 Å². The molecule has 0 radical (unpaired) electrons. The Morgan fingerprint density at radius 3 is 2.39 bits per heavy atom. The number of anilines is 1. The molecule has 5 atom stereocenters. The molecule has 5 heteroatoms. The molecule has 5 fully saturated rings. The number of carboxylic acids is 1. The maximum Gasteiger partial charge on any atom is 0.311 e. The Labute approximate surface area is 142 Å². The minimum absolute atomic E-state index is 0.0873. The molecule has 5 aliphatic carbocycles. The SMILES string of the molecule is O=C(Nc1ccc(Br)cc1)C1C2CCC3C(C24CC4)C31C(=O)O. The van der Waals surface area contributed by atoms with Crippen LogP contribution in [0.15, 0.2) is 28.7 Å². The summed E-state index contributed by atoms with van der Waals surface area (Å²) in [6.07, 6.45) is 4.26. The molecule has 1 spiro atoms. The number of amides is 1. The predicted octanol–water partition coefficient (Wildman–Crippen LogP) is 3.52. The number of rotatable bonds is 3. The number of hydrogen-bond acceptors (Lipinski definition) is 2. The smallest absolute Gasteiger partial charge is 0.311 e. The van der Waals surface area contributed by atoms with E-state index in [0.717, 1.165) is 35.8 Å². The van der Waals surface area contributed by atoms with E-state index < -0.39 is 11.4 Å². The van der Waals surface area contributed by atoms with E-state index in [1.807, 2.05) is 24.3 Å². The van der Waals surface area contributed by atoms with Crippen LogP contribution in [0.5, 0.6) is 0 Å². The number of carbonyl (C=O) groups excluding carboxylic acids is 1. The van der Waals surface area contributed by atoms with Crippen molar-refractivity contribution < 1.29 is 14.7 Å². The number of nitrogens with one attached hydrogen (secondary N) is 1. The predicted molar refractivity (Wildman–Crippen MR) is 87.7 cm³/mol. The number of hydrogen-bond donors (Lipinski definition) is 2. The van der Waals surface area contributed by atoms with E-state index in [9.17, 15) is 14.7 Å². The normalized spacial score (nSPS) is 40.7. The van der Waals surface area contributed by atoms with Crippen molar-refractivity contribution in [3.05, 3.63) is 28.7 Å². The van der Waals surface area contributed by atoms with Gasteiger partial charge in [0.1, 0.15) is 0 Å². The van der Waals surface area contributed by atoms with Crippen LogP contribution in [0.4, 0.5) is 5.69 Å². The molecule has 5 unspecified atom stereocenters. The fraction of sp³-hybridized carbons (Fsp3) is 0.556. The fourth-order valence-corrected chi connectivity index (χ4v) is 6.56. The van der Waals surface area contributed by atoms with Gasteiger partial charge in [-0.05, 0) is 73.1 Å². The molecule has 0 aliphatic heterocycles. The zero-order chi connectivity index (χ0) is 16.0. The van der Waals surface area contributed by atoms with Crippen molar-refractivity contribution in [2.75, 3.05) is 5.32 Å². The van der Waals surface area contributed by atoms with E-state index in [-0.39, 0.29) is 35.0 Å². The highest BCUT2D eigenvalue weighted by atomic mass is 79.9. The van der Waals surface area contributed by atoms with Gasteiger partial charge in [-0.2, -0.15) is 0 Å². The first kappa shape index (κ1) is 14.0. The van der Waals surface area contributed by atoms with E-state index >= 15 is 0 Å². The standard InChI is InChI=1S/C18H18BrNO3/c19-9-1-3-10(4-2-9)20-15(21)13-11-5-6-12-14(17(11)7-8-17)18(12,13)16(22)23/h1-4,11-14H,5-8H2,(H,20,21)(H,22,23). The molecular formula is C18H18BrNO3. The molecule has 1 aromatic rings. The summed E-state index contributed by atoms with van der Waals surface area (Å²) < 4.78 is 0.955. The monoisotopic (exact) mass is 375 g/mol. The van der Waals surface area contributed by atoms with Gasteiger partial charge in [0.15, 0.2) is 0 Å². The molecule has 1 amide bonds. The van der Waals surface area contributed by atoms with Gasteiger partial charge in [0.05, 0.1) is 11.3 Å². The first-order valence-electron chi connectivity index (χ1n) is 8.31. The van der Waals surface area contributed by atoms with Crippen LogP contribution in [0, 0.1) is 34.5 Å². The van der Waals surface area contributed by atoms with Crippen LogP contribution in [-0.4, -0.2) is 17.0 Å². The molecule has 4 nitrogen and oxygen atoms in total. The lowest BCUT2D eigenvalue weighted by molar-refractivity contribution is -0.151. The van der Waals surface area contributed by atoms with Crippen molar-refractivity contribution >= 4 is 33.5 Å². The highest BCUT2D eigenvalue weighted by molar-refractivity contribution is 9.10. The van der Waals surface area contributed by atoms with Gasteiger partial charge < -0.3 is 10.4 Å². The van der Waals surface area contributed by atoms with Crippen molar-refractivity contribution in [2.45, 2.75) is 25.7 Å². The van der Waals surface area contributed by atoms with Crippen LogP contribution in [0.2, 0.25) is 0 Å². The van der Waals surface area contributed by atoms with Gasteiger partial charge in [-0.25, -0.2) is 0 Å².